The van der Waals surface area contributed by atoms with Crippen LogP contribution in [0.4, 0.5) is 5.69 Å². The van der Waals surface area contributed by atoms with Gasteiger partial charge in [0.25, 0.3) is 5.69 Å². The molecule has 0 aliphatic rings. The van der Waals surface area contributed by atoms with Crippen molar-refractivity contribution < 1.29 is 15.1 Å². The minimum Gasteiger partial charge on any atom is -0.390 e. The zero-order valence-corrected chi connectivity index (χ0v) is 11.9. The molecule has 0 bridgehead atoms. The van der Waals surface area contributed by atoms with Crippen molar-refractivity contribution in [3.63, 3.8) is 0 Å². The van der Waals surface area contributed by atoms with Crippen molar-refractivity contribution in [1.82, 2.24) is 0 Å². The standard InChI is InChI=1S/C15H23NO4/c1-2-3-4-5-6-7-14(17)15(18)12-8-10-13(11-9-12)16(19)20/h8-11,14-15,17-18H,2-7H2,1H3/t14-,15+/m0/s1. The highest BCUT2D eigenvalue weighted by atomic mass is 16.6. The van der Waals surface area contributed by atoms with Gasteiger partial charge in [0.1, 0.15) is 6.10 Å². The molecule has 0 saturated heterocycles. The van der Waals surface area contributed by atoms with Crippen molar-refractivity contribution >= 4 is 5.69 Å². The molecule has 5 heteroatoms. The van der Waals surface area contributed by atoms with Crippen LogP contribution in [0.15, 0.2) is 24.3 Å². The summed E-state index contributed by atoms with van der Waals surface area (Å²) < 4.78 is 0. The van der Waals surface area contributed by atoms with Gasteiger partial charge in [-0.15, -0.1) is 0 Å². The zero-order chi connectivity index (χ0) is 15.0. The fourth-order valence-electron chi connectivity index (χ4n) is 2.13. The van der Waals surface area contributed by atoms with Crippen LogP contribution in [0.5, 0.6) is 0 Å². The molecule has 2 atom stereocenters. The van der Waals surface area contributed by atoms with Crippen molar-refractivity contribution in [2.45, 2.75) is 57.7 Å². The van der Waals surface area contributed by atoms with E-state index in [4.69, 9.17) is 0 Å². The lowest BCUT2D eigenvalue weighted by atomic mass is 9.99. The average Bonchev–Trinajstić information content (AvgIpc) is 2.46. The summed E-state index contributed by atoms with van der Waals surface area (Å²) in [6.07, 6.45) is 4.19. The van der Waals surface area contributed by atoms with Gasteiger partial charge in [0.2, 0.25) is 0 Å². The maximum atomic E-state index is 10.5. The summed E-state index contributed by atoms with van der Waals surface area (Å²) in [5.74, 6) is 0. The summed E-state index contributed by atoms with van der Waals surface area (Å²) in [6, 6.07) is 5.66. The van der Waals surface area contributed by atoms with Crippen LogP contribution in [-0.2, 0) is 0 Å². The normalized spacial score (nSPS) is 13.9. The molecule has 0 fully saturated rings. The highest BCUT2D eigenvalue weighted by molar-refractivity contribution is 5.34. The Morgan fingerprint density at radius 1 is 1.10 bits per heavy atom. The van der Waals surface area contributed by atoms with Gasteiger partial charge in [-0.2, -0.15) is 0 Å². The van der Waals surface area contributed by atoms with Crippen LogP contribution in [0.25, 0.3) is 0 Å². The number of aliphatic hydroxyl groups excluding tert-OH is 2. The molecule has 2 N–H and O–H groups in total. The minimum atomic E-state index is -0.984. The van der Waals surface area contributed by atoms with E-state index < -0.39 is 17.1 Å². The minimum absolute atomic E-state index is 0.0185. The van der Waals surface area contributed by atoms with Gasteiger partial charge in [-0.05, 0) is 24.1 Å². The highest BCUT2D eigenvalue weighted by Gasteiger charge is 2.18. The number of nitrogens with zero attached hydrogens (tertiary/aromatic N) is 1. The SMILES string of the molecule is CCCCCCC[C@H](O)[C@H](O)c1ccc([N+](=O)[O-])cc1. The molecule has 0 aliphatic carbocycles. The number of hydrogen-bond donors (Lipinski definition) is 2. The lowest BCUT2D eigenvalue weighted by molar-refractivity contribution is -0.384. The van der Waals surface area contributed by atoms with E-state index in [9.17, 15) is 20.3 Å². The van der Waals surface area contributed by atoms with Crippen LogP contribution < -0.4 is 0 Å². The molecule has 0 unspecified atom stereocenters. The molecule has 0 radical (unpaired) electrons. The number of rotatable bonds is 9. The van der Waals surface area contributed by atoms with Crippen molar-refractivity contribution in [2.24, 2.45) is 0 Å². The van der Waals surface area contributed by atoms with E-state index in [2.05, 4.69) is 6.92 Å². The van der Waals surface area contributed by atoms with Crippen molar-refractivity contribution in [3.8, 4) is 0 Å². The summed E-state index contributed by atoms with van der Waals surface area (Å²) in [6.45, 7) is 2.15. The second kappa shape index (κ2) is 8.66. The van der Waals surface area contributed by atoms with Gasteiger partial charge in [0.05, 0.1) is 11.0 Å². The first-order valence-corrected chi connectivity index (χ1v) is 7.16. The van der Waals surface area contributed by atoms with E-state index in [1.54, 1.807) is 0 Å². The molecule has 5 nitrogen and oxygen atoms in total. The number of aliphatic hydroxyl groups is 2. The smallest absolute Gasteiger partial charge is 0.269 e. The quantitative estimate of drug-likeness (QED) is 0.413. The molecule has 0 heterocycles. The summed E-state index contributed by atoms with van der Waals surface area (Å²) in [5.41, 5.74) is 0.492. The third-order valence-corrected chi connectivity index (χ3v) is 3.41. The van der Waals surface area contributed by atoms with Crippen LogP contribution in [0, 0.1) is 10.1 Å². The van der Waals surface area contributed by atoms with Gasteiger partial charge >= 0.3 is 0 Å². The Bertz CT molecular complexity index is 405. The van der Waals surface area contributed by atoms with E-state index in [0.717, 1.165) is 19.3 Å². The number of nitro groups is 1. The molecule has 0 spiro atoms. The predicted octanol–water partition coefficient (Wildman–Crippen LogP) is 3.35. The maximum Gasteiger partial charge on any atom is 0.269 e. The summed E-state index contributed by atoms with van der Waals surface area (Å²) in [7, 11) is 0. The Hall–Kier alpha value is -1.46. The lowest BCUT2D eigenvalue weighted by Crippen LogP contribution is -2.18. The van der Waals surface area contributed by atoms with E-state index in [1.165, 1.54) is 37.1 Å². The molecule has 0 aliphatic heterocycles. The number of non-ortho nitro benzene ring substituents is 1. The molecule has 112 valence electrons. The molecule has 1 aromatic carbocycles. The maximum absolute atomic E-state index is 10.5. The first kappa shape index (κ1) is 16.6. The molecule has 0 amide bonds. The third kappa shape index (κ3) is 5.27. The van der Waals surface area contributed by atoms with Gasteiger partial charge < -0.3 is 10.2 Å². The van der Waals surface area contributed by atoms with E-state index in [-0.39, 0.29) is 5.69 Å². The molecule has 1 rings (SSSR count). The second-order valence-electron chi connectivity index (χ2n) is 5.06. The van der Waals surface area contributed by atoms with Crippen molar-refractivity contribution in [2.75, 3.05) is 0 Å². The zero-order valence-electron chi connectivity index (χ0n) is 11.9. The van der Waals surface area contributed by atoms with Crippen LogP contribution >= 0.6 is 0 Å². The summed E-state index contributed by atoms with van der Waals surface area (Å²) in [4.78, 5) is 10.1. The number of nitro benzene ring substituents is 1. The Kier molecular flexibility index (Phi) is 7.18. The fraction of sp³-hybridized carbons (Fsp3) is 0.600. The van der Waals surface area contributed by atoms with Crippen molar-refractivity contribution in [3.05, 3.63) is 39.9 Å². The van der Waals surface area contributed by atoms with Crippen LogP contribution in [0.3, 0.4) is 0 Å². The largest absolute Gasteiger partial charge is 0.390 e. The summed E-state index contributed by atoms with van der Waals surface area (Å²) >= 11 is 0. The Balaban J connectivity index is 2.43. The molecular weight excluding hydrogens is 258 g/mol. The van der Waals surface area contributed by atoms with Gasteiger partial charge in [0, 0.05) is 12.1 Å². The van der Waals surface area contributed by atoms with Gasteiger partial charge in [0.15, 0.2) is 0 Å². The first-order chi connectivity index (χ1) is 9.56. The van der Waals surface area contributed by atoms with Crippen LogP contribution in [-0.4, -0.2) is 21.2 Å². The molecular formula is C15H23NO4. The third-order valence-electron chi connectivity index (χ3n) is 3.41. The predicted molar refractivity (Wildman–Crippen MR) is 77.4 cm³/mol. The fourth-order valence-corrected chi connectivity index (χ4v) is 2.13. The molecule has 1 aromatic rings. The number of benzene rings is 1. The van der Waals surface area contributed by atoms with Gasteiger partial charge in [-0.3, -0.25) is 10.1 Å². The molecule has 0 aromatic heterocycles. The van der Waals surface area contributed by atoms with Crippen LogP contribution in [0.2, 0.25) is 0 Å². The Labute approximate surface area is 119 Å². The first-order valence-electron chi connectivity index (χ1n) is 7.16. The van der Waals surface area contributed by atoms with E-state index in [1.807, 2.05) is 0 Å². The second-order valence-corrected chi connectivity index (χ2v) is 5.06. The van der Waals surface area contributed by atoms with Crippen LogP contribution in [0.1, 0.15) is 57.1 Å². The molecule has 0 saturated carbocycles. The highest BCUT2D eigenvalue weighted by Crippen LogP contribution is 2.23. The van der Waals surface area contributed by atoms with Crippen molar-refractivity contribution in [1.29, 1.82) is 0 Å². The summed E-state index contributed by atoms with van der Waals surface area (Å²) in [5, 5.41) is 30.5. The lowest BCUT2D eigenvalue weighted by Gasteiger charge is -2.18. The topological polar surface area (TPSA) is 83.6 Å². The number of hydrogen-bond acceptors (Lipinski definition) is 4. The van der Waals surface area contributed by atoms with Gasteiger partial charge in [-0.25, -0.2) is 0 Å². The van der Waals surface area contributed by atoms with Gasteiger partial charge in [-0.1, -0.05) is 39.0 Å². The monoisotopic (exact) mass is 281 g/mol. The van der Waals surface area contributed by atoms with E-state index >= 15 is 0 Å². The molecule has 20 heavy (non-hydrogen) atoms. The average molecular weight is 281 g/mol. The Morgan fingerprint density at radius 3 is 2.25 bits per heavy atom. The van der Waals surface area contributed by atoms with E-state index in [0.29, 0.717) is 12.0 Å². The Morgan fingerprint density at radius 2 is 1.70 bits per heavy atom. The number of unbranched alkanes of at least 4 members (excludes halogenated alkanes) is 4.